The molecular weight excluding hydrogens is 368 g/mol. The van der Waals surface area contributed by atoms with Gasteiger partial charge in [-0.05, 0) is 40.4 Å². The fourth-order valence-electron chi connectivity index (χ4n) is 4.49. The quantitative estimate of drug-likeness (QED) is 0.809. The standard InChI is InChI=1S/C22H30N4OS/c23-12-20-14-25(15-21(20)19-4-2-1-3-5-19)16-22(27)26-9-7-24(8-10-26)13-18-6-11-28-17-18/h1-6,11,17,20-21H,7-10,12-16,23H2/t20-,21+/m1/s1. The Labute approximate surface area is 171 Å². The lowest BCUT2D eigenvalue weighted by Gasteiger charge is -2.35. The smallest absolute Gasteiger partial charge is 0.236 e. The molecule has 5 nitrogen and oxygen atoms in total. The second kappa shape index (κ2) is 9.18. The molecule has 1 amide bonds. The molecule has 2 aliphatic heterocycles. The van der Waals surface area contributed by atoms with Crippen molar-refractivity contribution in [3.8, 4) is 0 Å². The highest BCUT2D eigenvalue weighted by Gasteiger charge is 2.34. The summed E-state index contributed by atoms with van der Waals surface area (Å²) in [5.74, 6) is 1.12. The fourth-order valence-corrected chi connectivity index (χ4v) is 5.15. The number of thiophene rings is 1. The molecule has 0 saturated carbocycles. The van der Waals surface area contributed by atoms with Gasteiger partial charge in [0, 0.05) is 51.7 Å². The van der Waals surface area contributed by atoms with E-state index in [4.69, 9.17) is 5.73 Å². The minimum atomic E-state index is 0.264. The van der Waals surface area contributed by atoms with Crippen LogP contribution in [0.25, 0.3) is 0 Å². The van der Waals surface area contributed by atoms with Crippen molar-refractivity contribution in [2.75, 3.05) is 52.4 Å². The van der Waals surface area contributed by atoms with Crippen LogP contribution >= 0.6 is 11.3 Å². The predicted molar refractivity (Wildman–Crippen MR) is 114 cm³/mol. The molecule has 0 aliphatic carbocycles. The Balaban J connectivity index is 1.27. The maximum absolute atomic E-state index is 12.9. The third-order valence-electron chi connectivity index (χ3n) is 6.12. The van der Waals surface area contributed by atoms with Gasteiger partial charge < -0.3 is 10.6 Å². The van der Waals surface area contributed by atoms with Crippen LogP contribution in [-0.2, 0) is 11.3 Å². The summed E-state index contributed by atoms with van der Waals surface area (Å²) in [6.07, 6.45) is 0. The van der Waals surface area contributed by atoms with Gasteiger partial charge in [-0.15, -0.1) is 0 Å². The summed E-state index contributed by atoms with van der Waals surface area (Å²) in [4.78, 5) is 19.6. The van der Waals surface area contributed by atoms with Gasteiger partial charge >= 0.3 is 0 Å². The van der Waals surface area contributed by atoms with Gasteiger partial charge in [0.05, 0.1) is 6.54 Å². The highest BCUT2D eigenvalue weighted by molar-refractivity contribution is 7.07. The third kappa shape index (κ3) is 4.63. The zero-order valence-electron chi connectivity index (χ0n) is 16.4. The number of carbonyl (C=O) groups excluding carboxylic acids is 1. The van der Waals surface area contributed by atoms with Crippen LogP contribution in [0.4, 0.5) is 0 Å². The van der Waals surface area contributed by atoms with Crippen LogP contribution in [-0.4, -0.2) is 73.0 Å². The fraction of sp³-hybridized carbons (Fsp3) is 0.500. The van der Waals surface area contributed by atoms with Crippen LogP contribution in [0.15, 0.2) is 47.2 Å². The number of likely N-dealkylation sites (tertiary alicyclic amines) is 1. The van der Waals surface area contributed by atoms with Crippen molar-refractivity contribution >= 4 is 17.2 Å². The molecule has 4 rings (SSSR count). The number of hydrogen-bond acceptors (Lipinski definition) is 5. The van der Waals surface area contributed by atoms with Crippen LogP contribution in [0.3, 0.4) is 0 Å². The summed E-state index contributed by atoms with van der Waals surface area (Å²) in [5, 5.41) is 4.34. The Hall–Kier alpha value is -1.73. The van der Waals surface area contributed by atoms with Gasteiger partial charge in [0.15, 0.2) is 0 Å². The summed E-state index contributed by atoms with van der Waals surface area (Å²) >= 11 is 1.75. The van der Waals surface area contributed by atoms with Gasteiger partial charge in [0.25, 0.3) is 0 Å². The largest absolute Gasteiger partial charge is 0.339 e. The summed E-state index contributed by atoms with van der Waals surface area (Å²) in [6, 6.07) is 12.8. The van der Waals surface area contributed by atoms with Crippen LogP contribution in [0.2, 0.25) is 0 Å². The van der Waals surface area contributed by atoms with Crippen molar-refractivity contribution in [3.05, 3.63) is 58.3 Å². The minimum absolute atomic E-state index is 0.264. The number of carbonyl (C=O) groups is 1. The van der Waals surface area contributed by atoms with E-state index in [0.717, 1.165) is 45.8 Å². The van der Waals surface area contributed by atoms with Crippen molar-refractivity contribution in [2.45, 2.75) is 12.5 Å². The van der Waals surface area contributed by atoms with E-state index in [1.54, 1.807) is 11.3 Å². The number of benzene rings is 1. The average molecular weight is 399 g/mol. The molecule has 28 heavy (non-hydrogen) atoms. The van der Waals surface area contributed by atoms with Crippen LogP contribution in [0.5, 0.6) is 0 Å². The molecule has 1 aromatic carbocycles. The van der Waals surface area contributed by atoms with E-state index in [1.807, 2.05) is 4.90 Å². The zero-order valence-corrected chi connectivity index (χ0v) is 17.2. The number of piperazine rings is 1. The second-order valence-electron chi connectivity index (χ2n) is 8.00. The molecule has 2 aliphatic rings. The van der Waals surface area contributed by atoms with Crippen molar-refractivity contribution in [3.63, 3.8) is 0 Å². The van der Waals surface area contributed by atoms with Crippen molar-refractivity contribution in [1.29, 1.82) is 0 Å². The van der Waals surface area contributed by atoms with E-state index in [1.165, 1.54) is 11.1 Å². The molecule has 150 valence electrons. The molecule has 0 unspecified atom stereocenters. The Morgan fingerprint density at radius 1 is 1.04 bits per heavy atom. The van der Waals surface area contributed by atoms with E-state index in [9.17, 15) is 4.79 Å². The minimum Gasteiger partial charge on any atom is -0.339 e. The normalized spacial score (nSPS) is 24.0. The number of nitrogens with two attached hydrogens (primary N) is 1. The first-order chi connectivity index (χ1) is 13.7. The zero-order chi connectivity index (χ0) is 19.3. The Kier molecular flexibility index (Phi) is 6.42. The molecule has 0 spiro atoms. The monoisotopic (exact) mass is 398 g/mol. The molecule has 3 heterocycles. The Morgan fingerprint density at radius 3 is 2.50 bits per heavy atom. The first-order valence-electron chi connectivity index (χ1n) is 10.2. The third-order valence-corrected chi connectivity index (χ3v) is 6.85. The van der Waals surface area contributed by atoms with Gasteiger partial charge in [0.1, 0.15) is 0 Å². The SMILES string of the molecule is NC[C@@H]1CN(CC(=O)N2CCN(Cc3ccsc3)CC2)C[C@H]1c1ccccc1. The average Bonchev–Trinajstić information content (AvgIpc) is 3.39. The van der Waals surface area contributed by atoms with Crippen molar-refractivity contribution in [2.24, 2.45) is 11.7 Å². The van der Waals surface area contributed by atoms with E-state index >= 15 is 0 Å². The highest BCUT2D eigenvalue weighted by atomic mass is 32.1. The molecule has 0 radical (unpaired) electrons. The lowest BCUT2D eigenvalue weighted by Crippen LogP contribution is -2.50. The lowest BCUT2D eigenvalue weighted by molar-refractivity contribution is -0.134. The number of hydrogen-bond donors (Lipinski definition) is 1. The molecule has 2 N–H and O–H groups in total. The van der Waals surface area contributed by atoms with Gasteiger partial charge in [-0.3, -0.25) is 14.6 Å². The van der Waals surface area contributed by atoms with E-state index in [2.05, 4.69) is 57.0 Å². The number of rotatable bonds is 6. The van der Waals surface area contributed by atoms with E-state index < -0.39 is 0 Å². The van der Waals surface area contributed by atoms with Gasteiger partial charge in [-0.2, -0.15) is 11.3 Å². The Bertz CT molecular complexity index is 743. The Morgan fingerprint density at radius 2 is 1.82 bits per heavy atom. The van der Waals surface area contributed by atoms with Crippen molar-refractivity contribution < 1.29 is 4.79 Å². The van der Waals surface area contributed by atoms with Crippen LogP contribution < -0.4 is 5.73 Å². The summed E-state index contributed by atoms with van der Waals surface area (Å²) in [6.45, 7) is 7.61. The first kappa shape index (κ1) is 19.6. The highest BCUT2D eigenvalue weighted by Crippen LogP contribution is 2.31. The molecule has 6 heteroatoms. The van der Waals surface area contributed by atoms with Crippen LogP contribution in [0, 0.1) is 5.92 Å². The summed E-state index contributed by atoms with van der Waals surface area (Å²) < 4.78 is 0. The second-order valence-corrected chi connectivity index (χ2v) is 8.78. The maximum atomic E-state index is 12.9. The van der Waals surface area contributed by atoms with Crippen molar-refractivity contribution in [1.82, 2.24) is 14.7 Å². The molecule has 2 saturated heterocycles. The van der Waals surface area contributed by atoms with E-state index in [0.29, 0.717) is 24.9 Å². The first-order valence-corrected chi connectivity index (χ1v) is 11.2. The maximum Gasteiger partial charge on any atom is 0.236 e. The molecular formula is C22H30N4OS. The summed E-state index contributed by atoms with van der Waals surface area (Å²) in [7, 11) is 0. The van der Waals surface area contributed by atoms with Crippen LogP contribution in [0.1, 0.15) is 17.0 Å². The number of nitrogens with zero attached hydrogens (tertiary/aromatic N) is 3. The summed E-state index contributed by atoms with van der Waals surface area (Å²) in [5.41, 5.74) is 8.76. The molecule has 2 atom stereocenters. The van der Waals surface area contributed by atoms with Gasteiger partial charge in [0.2, 0.25) is 5.91 Å². The molecule has 2 aromatic rings. The molecule has 1 aromatic heterocycles. The molecule has 0 bridgehead atoms. The van der Waals surface area contributed by atoms with E-state index in [-0.39, 0.29) is 5.91 Å². The lowest BCUT2D eigenvalue weighted by atomic mass is 9.89. The van der Waals surface area contributed by atoms with Gasteiger partial charge in [-0.1, -0.05) is 30.3 Å². The number of amides is 1. The van der Waals surface area contributed by atoms with Gasteiger partial charge in [-0.25, -0.2) is 0 Å². The predicted octanol–water partition coefficient (Wildman–Crippen LogP) is 2.07. The topological polar surface area (TPSA) is 52.8 Å². The molecule has 2 fully saturated rings.